The van der Waals surface area contributed by atoms with Gasteiger partial charge in [-0.2, -0.15) is 5.26 Å². The molecule has 7 heteroatoms. The third-order valence-electron chi connectivity index (χ3n) is 5.37. The summed E-state index contributed by atoms with van der Waals surface area (Å²) >= 11 is 6.50. The molecular weight excluding hydrogens is 386 g/mol. The van der Waals surface area contributed by atoms with Crippen molar-refractivity contribution in [2.24, 2.45) is 0 Å². The molecule has 0 bridgehead atoms. The number of carbonyl (C=O) groups excluding carboxylic acids is 1. The number of amides is 1. The first kappa shape index (κ1) is 20.8. The van der Waals surface area contributed by atoms with Crippen LogP contribution in [0.25, 0.3) is 5.03 Å². The highest BCUT2D eigenvalue weighted by molar-refractivity contribution is 6.49. The highest BCUT2D eigenvalue weighted by Gasteiger charge is 2.46. The fourth-order valence-corrected chi connectivity index (χ4v) is 3.84. The van der Waals surface area contributed by atoms with Crippen LogP contribution >= 0.6 is 11.6 Å². The van der Waals surface area contributed by atoms with Crippen molar-refractivity contribution in [1.82, 2.24) is 15.3 Å². The van der Waals surface area contributed by atoms with E-state index >= 15 is 0 Å². The van der Waals surface area contributed by atoms with Crippen LogP contribution in [-0.4, -0.2) is 36.0 Å². The number of benzene rings is 1. The van der Waals surface area contributed by atoms with Crippen molar-refractivity contribution < 1.29 is 4.79 Å². The minimum atomic E-state index is -0.0351. The summed E-state index contributed by atoms with van der Waals surface area (Å²) in [4.78, 5) is 21.8. The van der Waals surface area contributed by atoms with E-state index in [-0.39, 0.29) is 5.41 Å². The number of nitrogens with zero attached hydrogens (tertiary/aromatic N) is 4. The van der Waals surface area contributed by atoms with E-state index in [4.69, 9.17) is 11.6 Å². The lowest BCUT2D eigenvalue weighted by atomic mass is 9.93. The lowest BCUT2D eigenvalue weighted by Crippen LogP contribution is -2.38. The molecule has 1 aromatic carbocycles. The number of hydrogen-bond donors (Lipinski definition) is 1. The van der Waals surface area contributed by atoms with Gasteiger partial charge in [0, 0.05) is 30.1 Å². The molecule has 6 nitrogen and oxygen atoms in total. The molecule has 2 aromatic rings. The Hall–Kier alpha value is -2.91. The molecule has 150 valence electrons. The molecule has 1 aliphatic carbocycles. The Morgan fingerprint density at radius 3 is 2.86 bits per heavy atom. The first-order chi connectivity index (χ1) is 14.0. The fourth-order valence-electron chi connectivity index (χ4n) is 3.62. The Kier molecular flexibility index (Phi) is 6.50. The van der Waals surface area contributed by atoms with Crippen molar-refractivity contribution in [2.45, 2.75) is 32.1 Å². The Bertz CT molecular complexity index is 962. The standard InChI is InChI=1S/C22H24ClN5O/c1-3-19(23)20-16(2)26-14-27-21(20)28(10-9-25-15-29)13-22(7-8-22)18-6-4-5-17(11-18)12-24/h3-6,11,14-15H,7-10,13H2,1-2H3,(H,25,29)/b19-3+. The maximum atomic E-state index is 10.8. The Balaban J connectivity index is 1.98. The zero-order valence-electron chi connectivity index (χ0n) is 16.7. The van der Waals surface area contributed by atoms with Crippen molar-refractivity contribution in [1.29, 1.82) is 5.26 Å². The average molecular weight is 410 g/mol. The average Bonchev–Trinajstić information content (AvgIpc) is 3.53. The van der Waals surface area contributed by atoms with E-state index in [1.165, 1.54) is 0 Å². The minimum Gasteiger partial charge on any atom is -0.357 e. The van der Waals surface area contributed by atoms with Crippen molar-refractivity contribution in [2.75, 3.05) is 24.5 Å². The Labute approximate surface area is 176 Å². The third kappa shape index (κ3) is 4.57. The molecular formula is C22H24ClN5O. The van der Waals surface area contributed by atoms with Gasteiger partial charge in [0.15, 0.2) is 0 Å². The van der Waals surface area contributed by atoms with Gasteiger partial charge in [-0.3, -0.25) is 4.79 Å². The van der Waals surface area contributed by atoms with E-state index in [0.717, 1.165) is 42.0 Å². The molecule has 1 saturated carbocycles. The number of aromatic nitrogens is 2. The summed E-state index contributed by atoms with van der Waals surface area (Å²) in [6.45, 7) is 5.60. The maximum absolute atomic E-state index is 10.8. The second kappa shape index (κ2) is 9.06. The predicted molar refractivity (Wildman–Crippen MR) is 115 cm³/mol. The van der Waals surface area contributed by atoms with Crippen LogP contribution in [0.3, 0.4) is 0 Å². The van der Waals surface area contributed by atoms with Crippen molar-refractivity contribution >= 4 is 28.9 Å². The third-order valence-corrected chi connectivity index (χ3v) is 5.78. The van der Waals surface area contributed by atoms with Gasteiger partial charge < -0.3 is 10.2 Å². The molecule has 0 unspecified atom stereocenters. The van der Waals surface area contributed by atoms with Crippen LogP contribution in [-0.2, 0) is 10.2 Å². The minimum absolute atomic E-state index is 0.0351. The molecule has 0 aliphatic heterocycles. The molecule has 1 fully saturated rings. The quantitative estimate of drug-likeness (QED) is 0.506. The van der Waals surface area contributed by atoms with Gasteiger partial charge in [0.1, 0.15) is 12.1 Å². The second-order valence-electron chi connectivity index (χ2n) is 7.26. The highest BCUT2D eigenvalue weighted by atomic mass is 35.5. The van der Waals surface area contributed by atoms with Crippen LogP contribution in [0, 0.1) is 18.3 Å². The van der Waals surface area contributed by atoms with E-state index in [0.29, 0.717) is 30.1 Å². The van der Waals surface area contributed by atoms with Crippen LogP contribution in [0.1, 0.15) is 42.1 Å². The molecule has 0 atom stereocenters. The van der Waals surface area contributed by atoms with Gasteiger partial charge in [-0.25, -0.2) is 9.97 Å². The van der Waals surface area contributed by atoms with Crippen LogP contribution in [0.2, 0.25) is 0 Å². The first-order valence-corrected chi connectivity index (χ1v) is 9.99. The highest BCUT2D eigenvalue weighted by Crippen LogP contribution is 2.49. The molecule has 0 radical (unpaired) electrons. The summed E-state index contributed by atoms with van der Waals surface area (Å²) in [5.74, 6) is 0.760. The number of aryl methyl sites for hydroxylation is 1. The fraction of sp³-hybridized carbons (Fsp3) is 0.364. The normalized spacial score (nSPS) is 14.8. The zero-order chi connectivity index (χ0) is 20.9. The smallest absolute Gasteiger partial charge is 0.207 e. The van der Waals surface area contributed by atoms with E-state index < -0.39 is 0 Å². The number of nitrogens with one attached hydrogen (secondary N) is 1. The van der Waals surface area contributed by atoms with E-state index in [1.807, 2.05) is 38.1 Å². The lowest BCUT2D eigenvalue weighted by molar-refractivity contribution is -0.109. The summed E-state index contributed by atoms with van der Waals surface area (Å²) in [5.41, 5.74) is 3.41. The molecule has 1 aromatic heterocycles. The van der Waals surface area contributed by atoms with Gasteiger partial charge in [-0.1, -0.05) is 29.8 Å². The van der Waals surface area contributed by atoms with Crippen molar-refractivity contribution in [3.05, 3.63) is 59.1 Å². The van der Waals surface area contributed by atoms with E-state index in [2.05, 4.69) is 32.3 Å². The van der Waals surface area contributed by atoms with Gasteiger partial charge >= 0.3 is 0 Å². The van der Waals surface area contributed by atoms with E-state index in [1.54, 1.807) is 6.33 Å². The zero-order valence-corrected chi connectivity index (χ0v) is 17.4. The monoisotopic (exact) mass is 409 g/mol. The van der Waals surface area contributed by atoms with E-state index in [9.17, 15) is 10.1 Å². The predicted octanol–water partition coefficient (Wildman–Crippen LogP) is 3.54. The number of allylic oxidation sites excluding steroid dienone is 1. The number of anilines is 1. The molecule has 1 amide bonds. The summed E-state index contributed by atoms with van der Waals surface area (Å²) < 4.78 is 0. The number of carbonyl (C=O) groups is 1. The summed E-state index contributed by atoms with van der Waals surface area (Å²) in [6.07, 6.45) is 6.16. The SMILES string of the molecule is C/C=C(/Cl)c1c(C)ncnc1N(CCNC=O)CC1(c2cccc(C#N)c2)CC1. The van der Waals surface area contributed by atoms with Gasteiger partial charge in [-0.05, 0) is 44.4 Å². The maximum Gasteiger partial charge on any atom is 0.207 e. The number of rotatable bonds is 9. The Morgan fingerprint density at radius 1 is 1.41 bits per heavy atom. The van der Waals surface area contributed by atoms with Crippen molar-refractivity contribution in [3.63, 3.8) is 0 Å². The van der Waals surface area contributed by atoms with Gasteiger partial charge in [0.2, 0.25) is 6.41 Å². The molecule has 29 heavy (non-hydrogen) atoms. The number of nitriles is 1. The van der Waals surface area contributed by atoms with Crippen LogP contribution in [0.5, 0.6) is 0 Å². The van der Waals surface area contributed by atoms with Gasteiger partial charge in [0.25, 0.3) is 0 Å². The van der Waals surface area contributed by atoms with Crippen LogP contribution < -0.4 is 10.2 Å². The summed E-state index contributed by atoms with van der Waals surface area (Å²) in [5, 5.41) is 12.6. The Morgan fingerprint density at radius 2 is 2.21 bits per heavy atom. The van der Waals surface area contributed by atoms with Crippen molar-refractivity contribution in [3.8, 4) is 6.07 Å². The van der Waals surface area contributed by atoms with Gasteiger partial charge in [0.05, 0.1) is 22.9 Å². The molecule has 1 aliphatic rings. The molecule has 1 N–H and O–H groups in total. The second-order valence-corrected chi connectivity index (χ2v) is 7.67. The summed E-state index contributed by atoms with van der Waals surface area (Å²) in [7, 11) is 0. The molecule has 1 heterocycles. The first-order valence-electron chi connectivity index (χ1n) is 9.61. The molecule has 3 rings (SSSR count). The van der Waals surface area contributed by atoms with Gasteiger partial charge in [-0.15, -0.1) is 0 Å². The number of halogens is 1. The lowest BCUT2D eigenvalue weighted by Gasteiger charge is -2.30. The van der Waals surface area contributed by atoms with Crippen LogP contribution in [0.4, 0.5) is 5.82 Å². The van der Waals surface area contributed by atoms with Crippen LogP contribution in [0.15, 0.2) is 36.7 Å². The largest absolute Gasteiger partial charge is 0.357 e. The summed E-state index contributed by atoms with van der Waals surface area (Å²) in [6, 6.07) is 10.0. The topological polar surface area (TPSA) is 81.9 Å². The molecule has 0 saturated heterocycles. The molecule has 0 spiro atoms. The number of hydrogen-bond acceptors (Lipinski definition) is 5.